The van der Waals surface area contributed by atoms with Gasteiger partial charge in [0.15, 0.2) is 0 Å². The molecular weight excluding hydrogens is 282 g/mol. The fourth-order valence-electron chi connectivity index (χ4n) is 3.42. The Labute approximate surface area is 141 Å². The van der Waals surface area contributed by atoms with Crippen molar-refractivity contribution in [2.75, 3.05) is 6.61 Å². The lowest BCUT2D eigenvalue weighted by atomic mass is 9.80. The molecule has 1 fully saturated rings. The maximum Gasteiger partial charge on any atom is 0.119 e. The van der Waals surface area contributed by atoms with Crippen molar-refractivity contribution >= 4 is 0 Å². The van der Waals surface area contributed by atoms with Crippen molar-refractivity contribution in [3.8, 4) is 11.8 Å². The van der Waals surface area contributed by atoms with E-state index >= 15 is 0 Å². The van der Waals surface area contributed by atoms with Crippen LogP contribution in [0.1, 0.15) is 70.3 Å². The van der Waals surface area contributed by atoms with Gasteiger partial charge in [0.25, 0.3) is 0 Å². The Bertz CT molecular complexity index is 466. The predicted octanol–water partition coefficient (Wildman–Crippen LogP) is 5.91. The van der Waals surface area contributed by atoms with Crippen LogP contribution >= 0.6 is 0 Å². The minimum absolute atomic E-state index is 0.319. The standard InChI is InChI=1S/C21H31NO/c1-2-3-4-5-16-23-21-14-12-19(13-15-21)7-6-18-8-10-20(17-22)11-9-18/h12-15,18,20H,2-11,16H2,1H3. The summed E-state index contributed by atoms with van der Waals surface area (Å²) in [5.41, 5.74) is 1.41. The van der Waals surface area contributed by atoms with Gasteiger partial charge in [0.05, 0.1) is 12.7 Å². The van der Waals surface area contributed by atoms with E-state index in [1.807, 2.05) is 0 Å². The number of nitrogens with zero attached hydrogens (tertiary/aromatic N) is 1. The summed E-state index contributed by atoms with van der Waals surface area (Å²) in [6.07, 6.45) is 12.1. The Morgan fingerprint density at radius 2 is 1.78 bits per heavy atom. The van der Waals surface area contributed by atoms with E-state index in [1.54, 1.807) is 0 Å². The third-order valence-corrected chi connectivity index (χ3v) is 5.06. The molecule has 0 N–H and O–H groups in total. The maximum absolute atomic E-state index is 8.95. The fraction of sp³-hybridized carbons (Fsp3) is 0.667. The van der Waals surface area contributed by atoms with Crippen LogP contribution in [0.5, 0.6) is 5.75 Å². The van der Waals surface area contributed by atoms with Crippen LogP contribution in [0.3, 0.4) is 0 Å². The molecule has 0 amide bonds. The zero-order valence-corrected chi connectivity index (χ0v) is 14.6. The molecule has 0 unspecified atom stereocenters. The molecule has 2 heteroatoms. The highest BCUT2D eigenvalue weighted by atomic mass is 16.5. The Morgan fingerprint density at radius 1 is 1.04 bits per heavy atom. The van der Waals surface area contributed by atoms with Crippen LogP contribution in [-0.4, -0.2) is 6.61 Å². The van der Waals surface area contributed by atoms with Gasteiger partial charge in [-0.25, -0.2) is 0 Å². The smallest absolute Gasteiger partial charge is 0.119 e. The Hall–Kier alpha value is -1.49. The fourth-order valence-corrected chi connectivity index (χ4v) is 3.42. The second-order valence-corrected chi connectivity index (χ2v) is 6.94. The normalized spacial score (nSPS) is 20.9. The van der Waals surface area contributed by atoms with Gasteiger partial charge in [0.1, 0.15) is 5.75 Å². The Balaban J connectivity index is 1.64. The van der Waals surface area contributed by atoms with Crippen LogP contribution in [-0.2, 0) is 6.42 Å². The molecule has 0 aliphatic heterocycles. The van der Waals surface area contributed by atoms with Crippen LogP contribution in [0, 0.1) is 23.2 Å². The van der Waals surface area contributed by atoms with Crippen LogP contribution in [0.4, 0.5) is 0 Å². The SMILES string of the molecule is CCCCCCOc1ccc(CCC2CCC(C#N)CC2)cc1. The first-order valence-corrected chi connectivity index (χ1v) is 9.43. The summed E-state index contributed by atoms with van der Waals surface area (Å²) in [5.74, 6) is 2.13. The summed E-state index contributed by atoms with van der Waals surface area (Å²) in [4.78, 5) is 0. The second-order valence-electron chi connectivity index (χ2n) is 6.94. The van der Waals surface area contributed by atoms with E-state index in [0.717, 1.165) is 44.0 Å². The minimum atomic E-state index is 0.319. The molecule has 0 aromatic heterocycles. The lowest BCUT2D eigenvalue weighted by molar-refractivity contribution is 0.299. The van der Waals surface area contributed by atoms with Crippen molar-refractivity contribution in [2.24, 2.45) is 11.8 Å². The van der Waals surface area contributed by atoms with E-state index in [1.165, 1.54) is 44.1 Å². The number of benzene rings is 1. The van der Waals surface area contributed by atoms with Crippen molar-refractivity contribution in [3.05, 3.63) is 29.8 Å². The molecule has 0 atom stereocenters. The van der Waals surface area contributed by atoms with Gasteiger partial charge >= 0.3 is 0 Å². The molecule has 0 saturated heterocycles. The molecule has 0 spiro atoms. The lowest BCUT2D eigenvalue weighted by Crippen LogP contribution is -2.13. The zero-order valence-electron chi connectivity index (χ0n) is 14.6. The average Bonchev–Trinajstić information content (AvgIpc) is 2.61. The molecule has 1 saturated carbocycles. The third-order valence-electron chi connectivity index (χ3n) is 5.06. The zero-order chi connectivity index (χ0) is 16.3. The molecule has 126 valence electrons. The number of aryl methyl sites for hydroxylation is 1. The molecule has 1 aliphatic carbocycles. The Kier molecular flexibility index (Phi) is 8.01. The maximum atomic E-state index is 8.95. The summed E-state index contributed by atoms with van der Waals surface area (Å²) in [6, 6.07) is 11.1. The molecule has 2 rings (SSSR count). The van der Waals surface area contributed by atoms with Crippen LogP contribution < -0.4 is 4.74 Å². The van der Waals surface area contributed by atoms with Crippen molar-refractivity contribution in [3.63, 3.8) is 0 Å². The molecule has 23 heavy (non-hydrogen) atoms. The monoisotopic (exact) mass is 313 g/mol. The number of unbranched alkanes of at least 4 members (excludes halogenated alkanes) is 3. The van der Waals surface area contributed by atoms with Crippen molar-refractivity contribution in [1.82, 2.24) is 0 Å². The van der Waals surface area contributed by atoms with Crippen molar-refractivity contribution in [1.29, 1.82) is 5.26 Å². The quantitative estimate of drug-likeness (QED) is 0.531. The second kappa shape index (κ2) is 10.3. The number of hydrogen-bond acceptors (Lipinski definition) is 2. The van der Waals surface area contributed by atoms with Crippen molar-refractivity contribution < 1.29 is 4.74 Å². The van der Waals surface area contributed by atoms with Gasteiger partial charge in [-0.3, -0.25) is 0 Å². The van der Waals surface area contributed by atoms with Gasteiger partial charge in [-0.2, -0.15) is 5.26 Å². The summed E-state index contributed by atoms with van der Waals surface area (Å²) in [5, 5.41) is 8.95. The largest absolute Gasteiger partial charge is 0.494 e. The molecule has 0 bridgehead atoms. The highest BCUT2D eigenvalue weighted by Gasteiger charge is 2.20. The van der Waals surface area contributed by atoms with E-state index in [2.05, 4.69) is 37.3 Å². The Morgan fingerprint density at radius 3 is 2.43 bits per heavy atom. The van der Waals surface area contributed by atoms with E-state index in [-0.39, 0.29) is 0 Å². The summed E-state index contributed by atoms with van der Waals surface area (Å²) in [6.45, 7) is 3.07. The van der Waals surface area contributed by atoms with Crippen LogP contribution in [0.15, 0.2) is 24.3 Å². The molecule has 1 aliphatic rings. The summed E-state index contributed by atoms with van der Waals surface area (Å²) >= 11 is 0. The van der Waals surface area contributed by atoms with Gasteiger partial charge in [0, 0.05) is 5.92 Å². The van der Waals surface area contributed by atoms with Crippen LogP contribution in [0.25, 0.3) is 0 Å². The number of hydrogen-bond donors (Lipinski definition) is 0. The molecule has 1 aromatic carbocycles. The van der Waals surface area contributed by atoms with E-state index in [0.29, 0.717) is 5.92 Å². The number of rotatable bonds is 9. The van der Waals surface area contributed by atoms with E-state index < -0.39 is 0 Å². The minimum Gasteiger partial charge on any atom is -0.494 e. The van der Waals surface area contributed by atoms with Gasteiger partial charge in [0.2, 0.25) is 0 Å². The van der Waals surface area contributed by atoms with Gasteiger partial charge in [-0.15, -0.1) is 0 Å². The van der Waals surface area contributed by atoms with E-state index in [4.69, 9.17) is 10.00 Å². The predicted molar refractivity (Wildman–Crippen MR) is 95.5 cm³/mol. The number of ether oxygens (including phenoxy) is 1. The highest BCUT2D eigenvalue weighted by molar-refractivity contribution is 5.27. The third kappa shape index (κ3) is 6.65. The molecule has 1 aromatic rings. The molecule has 2 nitrogen and oxygen atoms in total. The van der Waals surface area contributed by atoms with E-state index in [9.17, 15) is 0 Å². The summed E-state index contributed by atoms with van der Waals surface area (Å²) < 4.78 is 5.80. The highest BCUT2D eigenvalue weighted by Crippen LogP contribution is 2.31. The lowest BCUT2D eigenvalue weighted by Gasteiger charge is -2.24. The van der Waals surface area contributed by atoms with Gasteiger partial charge in [-0.05, 0) is 68.6 Å². The van der Waals surface area contributed by atoms with Gasteiger partial charge in [-0.1, -0.05) is 38.3 Å². The van der Waals surface area contributed by atoms with Gasteiger partial charge < -0.3 is 4.74 Å². The molecular formula is C21H31NO. The summed E-state index contributed by atoms with van der Waals surface area (Å²) in [7, 11) is 0. The number of nitriles is 1. The van der Waals surface area contributed by atoms with Crippen LogP contribution in [0.2, 0.25) is 0 Å². The first-order chi connectivity index (χ1) is 11.3. The topological polar surface area (TPSA) is 33.0 Å². The first kappa shape index (κ1) is 17.9. The molecule has 0 heterocycles. The average molecular weight is 313 g/mol. The molecule has 0 radical (unpaired) electrons. The first-order valence-electron chi connectivity index (χ1n) is 9.43. The van der Waals surface area contributed by atoms with Crippen molar-refractivity contribution in [2.45, 2.75) is 71.1 Å².